The molecule has 1 aliphatic rings. The van der Waals surface area contributed by atoms with Crippen LogP contribution in [-0.2, 0) is 6.42 Å². The van der Waals surface area contributed by atoms with Crippen molar-refractivity contribution in [1.29, 1.82) is 0 Å². The molecular weight excluding hydrogens is 250 g/mol. The third-order valence-electron chi connectivity index (χ3n) is 3.90. The quantitative estimate of drug-likeness (QED) is 0.801. The van der Waals surface area contributed by atoms with Gasteiger partial charge in [-0.15, -0.1) is 0 Å². The highest BCUT2D eigenvalue weighted by Crippen LogP contribution is 2.35. The van der Waals surface area contributed by atoms with Crippen LogP contribution in [0.2, 0.25) is 0 Å². The average Bonchev–Trinajstić information content (AvgIpc) is 2.90. The number of aromatic nitrogens is 1. The molecule has 0 bridgehead atoms. The molecule has 0 saturated carbocycles. The maximum atomic E-state index is 12.8. The van der Waals surface area contributed by atoms with Crippen molar-refractivity contribution in [2.24, 2.45) is 0 Å². The van der Waals surface area contributed by atoms with E-state index in [0.29, 0.717) is 11.3 Å². The van der Waals surface area contributed by atoms with Crippen LogP contribution in [0.5, 0.6) is 5.75 Å². The van der Waals surface area contributed by atoms with Gasteiger partial charge in [-0.2, -0.15) is 0 Å². The Hall–Kier alpha value is -2.16. The summed E-state index contributed by atoms with van der Waals surface area (Å²) in [5.41, 5.74) is 3.86. The van der Waals surface area contributed by atoms with Gasteiger partial charge >= 0.3 is 0 Å². The SMILES string of the molecule is COc1cc(C)ccc1C(=O)C1CCc2cccnc21. The number of carbonyl (C=O) groups is 1. The average molecular weight is 267 g/mol. The van der Waals surface area contributed by atoms with Gasteiger partial charge in [0, 0.05) is 6.20 Å². The Morgan fingerprint density at radius 2 is 2.20 bits per heavy atom. The van der Waals surface area contributed by atoms with Crippen LogP contribution in [0.3, 0.4) is 0 Å². The minimum Gasteiger partial charge on any atom is -0.496 e. The smallest absolute Gasteiger partial charge is 0.175 e. The molecule has 1 unspecified atom stereocenters. The van der Waals surface area contributed by atoms with E-state index in [9.17, 15) is 4.79 Å². The maximum absolute atomic E-state index is 12.8. The van der Waals surface area contributed by atoms with Crippen molar-refractivity contribution in [2.75, 3.05) is 7.11 Å². The topological polar surface area (TPSA) is 39.2 Å². The molecule has 1 aliphatic carbocycles. The van der Waals surface area contributed by atoms with E-state index in [1.807, 2.05) is 31.2 Å². The van der Waals surface area contributed by atoms with Gasteiger partial charge in [0.1, 0.15) is 5.75 Å². The number of Topliss-reactive ketones (excluding diaryl/α,β-unsaturated/α-hetero) is 1. The molecule has 0 aliphatic heterocycles. The Kier molecular flexibility index (Phi) is 3.26. The van der Waals surface area contributed by atoms with Gasteiger partial charge in [0.25, 0.3) is 0 Å². The first-order valence-corrected chi connectivity index (χ1v) is 6.83. The number of hydrogen-bond donors (Lipinski definition) is 0. The Bertz CT molecular complexity index is 664. The molecule has 0 fully saturated rings. The molecule has 0 amide bonds. The van der Waals surface area contributed by atoms with Gasteiger partial charge in [0.05, 0.1) is 24.3 Å². The Morgan fingerprint density at radius 3 is 3.00 bits per heavy atom. The summed E-state index contributed by atoms with van der Waals surface area (Å²) in [4.78, 5) is 17.2. The summed E-state index contributed by atoms with van der Waals surface area (Å²) in [6.45, 7) is 1.99. The summed E-state index contributed by atoms with van der Waals surface area (Å²) in [5.74, 6) is 0.626. The number of aryl methyl sites for hydroxylation is 2. The molecule has 1 aromatic heterocycles. The van der Waals surface area contributed by atoms with E-state index in [0.717, 1.165) is 24.1 Å². The summed E-state index contributed by atoms with van der Waals surface area (Å²) in [6.07, 6.45) is 3.52. The molecule has 2 aromatic rings. The van der Waals surface area contributed by atoms with Crippen molar-refractivity contribution in [3.05, 3.63) is 58.9 Å². The highest BCUT2D eigenvalue weighted by atomic mass is 16.5. The molecule has 3 nitrogen and oxygen atoms in total. The van der Waals surface area contributed by atoms with Gasteiger partial charge in [-0.25, -0.2) is 0 Å². The lowest BCUT2D eigenvalue weighted by molar-refractivity contribution is 0.0955. The number of nitrogens with zero attached hydrogens (tertiary/aromatic N) is 1. The fraction of sp³-hybridized carbons (Fsp3) is 0.294. The lowest BCUT2D eigenvalue weighted by Crippen LogP contribution is -2.12. The number of methoxy groups -OCH3 is 1. The Morgan fingerprint density at radius 1 is 1.35 bits per heavy atom. The molecule has 20 heavy (non-hydrogen) atoms. The maximum Gasteiger partial charge on any atom is 0.175 e. The van der Waals surface area contributed by atoms with Crippen LogP contribution in [0, 0.1) is 6.92 Å². The molecular formula is C17H17NO2. The van der Waals surface area contributed by atoms with Crippen LogP contribution in [0.25, 0.3) is 0 Å². The van der Waals surface area contributed by atoms with Crippen LogP contribution >= 0.6 is 0 Å². The third-order valence-corrected chi connectivity index (χ3v) is 3.90. The zero-order chi connectivity index (χ0) is 14.1. The summed E-state index contributed by atoms with van der Waals surface area (Å²) in [6, 6.07) is 9.70. The van der Waals surface area contributed by atoms with Crippen molar-refractivity contribution < 1.29 is 9.53 Å². The largest absolute Gasteiger partial charge is 0.496 e. The van der Waals surface area contributed by atoms with Crippen LogP contribution < -0.4 is 4.74 Å². The van der Waals surface area contributed by atoms with Gasteiger partial charge in [-0.3, -0.25) is 9.78 Å². The van der Waals surface area contributed by atoms with Crippen LogP contribution in [-0.4, -0.2) is 17.9 Å². The van der Waals surface area contributed by atoms with Crippen molar-refractivity contribution in [1.82, 2.24) is 4.98 Å². The highest BCUT2D eigenvalue weighted by Gasteiger charge is 2.31. The standard InChI is InChI=1S/C17H17NO2/c1-11-5-7-13(15(10-11)20-2)17(19)14-8-6-12-4-3-9-18-16(12)14/h3-5,7,9-10,14H,6,8H2,1-2H3. The molecule has 3 heteroatoms. The number of benzene rings is 1. The Balaban J connectivity index is 1.99. The van der Waals surface area contributed by atoms with E-state index in [4.69, 9.17) is 4.74 Å². The van der Waals surface area contributed by atoms with Gasteiger partial charge in [0.2, 0.25) is 0 Å². The minimum absolute atomic E-state index is 0.110. The second-order valence-corrected chi connectivity index (χ2v) is 5.21. The third kappa shape index (κ3) is 2.09. The molecule has 3 rings (SSSR count). The number of ether oxygens (including phenoxy) is 1. The van der Waals surface area contributed by atoms with E-state index < -0.39 is 0 Å². The van der Waals surface area contributed by atoms with Crippen molar-refractivity contribution in [2.45, 2.75) is 25.7 Å². The molecule has 0 N–H and O–H groups in total. The zero-order valence-electron chi connectivity index (χ0n) is 11.7. The molecule has 1 atom stereocenters. The van der Waals surface area contributed by atoms with E-state index in [1.54, 1.807) is 13.3 Å². The monoisotopic (exact) mass is 267 g/mol. The normalized spacial score (nSPS) is 16.8. The van der Waals surface area contributed by atoms with E-state index in [2.05, 4.69) is 11.1 Å². The summed E-state index contributed by atoms with van der Waals surface area (Å²) < 4.78 is 5.35. The van der Waals surface area contributed by atoms with Crippen LogP contribution in [0.1, 0.15) is 39.5 Å². The zero-order valence-corrected chi connectivity index (χ0v) is 11.7. The van der Waals surface area contributed by atoms with Crippen molar-refractivity contribution >= 4 is 5.78 Å². The molecule has 0 radical (unpaired) electrons. The number of rotatable bonds is 3. The van der Waals surface area contributed by atoms with E-state index in [1.165, 1.54) is 5.56 Å². The Labute approximate surface area is 118 Å². The van der Waals surface area contributed by atoms with E-state index in [-0.39, 0.29) is 11.7 Å². The van der Waals surface area contributed by atoms with Crippen LogP contribution in [0.4, 0.5) is 0 Å². The predicted molar refractivity (Wildman–Crippen MR) is 77.4 cm³/mol. The van der Waals surface area contributed by atoms with E-state index >= 15 is 0 Å². The first-order valence-electron chi connectivity index (χ1n) is 6.83. The van der Waals surface area contributed by atoms with Crippen molar-refractivity contribution in [3.8, 4) is 5.75 Å². The second-order valence-electron chi connectivity index (χ2n) is 5.21. The number of ketones is 1. The molecule has 0 spiro atoms. The highest BCUT2D eigenvalue weighted by molar-refractivity contribution is 6.03. The number of carbonyl (C=O) groups excluding carboxylic acids is 1. The van der Waals surface area contributed by atoms with Gasteiger partial charge in [-0.1, -0.05) is 12.1 Å². The summed E-state index contributed by atoms with van der Waals surface area (Å²) in [7, 11) is 1.60. The molecule has 102 valence electrons. The molecule has 0 saturated heterocycles. The predicted octanol–water partition coefficient (Wildman–Crippen LogP) is 3.31. The first kappa shape index (κ1) is 12.9. The fourth-order valence-electron chi connectivity index (χ4n) is 2.86. The summed E-state index contributed by atoms with van der Waals surface area (Å²) in [5, 5.41) is 0. The molecule has 1 heterocycles. The fourth-order valence-corrected chi connectivity index (χ4v) is 2.86. The lowest BCUT2D eigenvalue weighted by atomic mass is 9.94. The van der Waals surface area contributed by atoms with Gasteiger partial charge in [-0.05, 0) is 49.1 Å². The summed E-state index contributed by atoms with van der Waals surface area (Å²) >= 11 is 0. The number of pyridine rings is 1. The lowest BCUT2D eigenvalue weighted by Gasteiger charge is -2.13. The number of fused-ring (bicyclic) bond motifs is 1. The van der Waals surface area contributed by atoms with Crippen LogP contribution in [0.15, 0.2) is 36.5 Å². The van der Waals surface area contributed by atoms with Crippen molar-refractivity contribution in [3.63, 3.8) is 0 Å². The minimum atomic E-state index is -0.136. The van der Waals surface area contributed by atoms with Gasteiger partial charge < -0.3 is 4.74 Å². The molecule has 1 aromatic carbocycles. The van der Waals surface area contributed by atoms with Gasteiger partial charge in [0.15, 0.2) is 5.78 Å². The first-order chi connectivity index (χ1) is 9.70. The second kappa shape index (κ2) is 5.08. The number of hydrogen-bond acceptors (Lipinski definition) is 3.